The normalized spacial score (nSPS) is 20.5. The highest BCUT2D eigenvalue weighted by atomic mass is 32.2. The number of ether oxygens (including phenoxy) is 2. The van der Waals surface area contributed by atoms with Crippen LogP contribution in [0.1, 0.15) is 26.5 Å². The summed E-state index contributed by atoms with van der Waals surface area (Å²) in [7, 11) is 17.7. The third-order valence-corrected chi connectivity index (χ3v) is 7.51. The molecule has 8 nitrogen and oxygen atoms in total. The summed E-state index contributed by atoms with van der Waals surface area (Å²) in [6.07, 6.45) is 5.51. The summed E-state index contributed by atoms with van der Waals surface area (Å²) in [5.74, 6) is 1.99. The van der Waals surface area contributed by atoms with E-state index >= 15 is 0 Å². The van der Waals surface area contributed by atoms with Gasteiger partial charge in [-0.25, -0.2) is 15.0 Å². The van der Waals surface area contributed by atoms with Crippen molar-refractivity contribution in [3.63, 3.8) is 0 Å². The molecule has 170 valence electrons. The van der Waals surface area contributed by atoms with Gasteiger partial charge in [0.05, 0.1) is 71.0 Å². The lowest BCUT2D eigenvalue weighted by Crippen LogP contribution is -2.56. The Kier molecular flexibility index (Phi) is 5.79. The maximum absolute atomic E-state index is 6.28. The predicted octanol–water partition coefficient (Wildman–Crippen LogP) is 2.13. The van der Waals surface area contributed by atoms with Crippen LogP contribution in [0.2, 0.25) is 0 Å². The zero-order valence-corrected chi connectivity index (χ0v) is 20.6. The minimum Gasteiger partial charge on any atom is -0.486 e. The van der Waals surface area contributed by atoms with Gasteiger partial charge in [-0.3, -0.25) is 0 Å². The van der Waals surface area contributed by atoms with E-state index in [9.17, 15) is 0 Å². The van der Waals surface area contributed by atoms with Gasteiger partial charge in [0.1, 0.15) is 17.9 Å². The molecule has 2 N–H and O–H groups in total. The van der Waals surface area contributed by atoms with Crippen LogP contribution in [0.15, 0.2) is 18.5 Å². The highest BCUT2D eigenvalue weighted by molar-refractivity contribution is 7.99. The Balaban J connectivity index is 1.79. The van der Waals surface area contributed by atoms with Crippen molar-refractivity contribution < 1.29 is 9.47 Å². The Bertz CT molecular complexity index is 1230. The number of aromatic nitrogens is 4. The first-order valence-electron chi connectivity index (χ1n) is 11.2. The molecule has 0 bridgehead atoms. The van der Waals surface area contributed by atoms with Crippen LogP contribution in [0.3, 0.4) is 0 Å². The van der Waals surface area contributed by atoms with Crippen molar-refractivity contribution in [1.29, 1.82) is 0 Å². The molecular formula is C22H25B3N6O2S. The topological polar surface area (TPSA) is 88.2 Å². The van der Waals surface area contributed by atoms with Crippen molar-refractivity contribution in [3.8, 4) is 17.1 Å². The number of hydrogen-bond donors (Lipinski definition) is 2. The molecule has 5 heterocycles. The first-order valence-corrected chi connectivity index (χ1v) is 12.4. The summed E-state index contributed by atoms with van der Waals surface area (Å²) < 4.78 is 11.7. The summed E-state index contributed by atoms with van der Waals surface area (Å²) >= 11 is 1.70. The number of nitrogens with one attached hydrogen (secondary N) is 2. The summed E-state index contributed by atoms with van der Waals surface area (Å²) in [5.41, 5.74) is 2.76. The molecule has 6 radical (unpaired) electrons. The standard InChI is InChI=1S/C22H25B3N6O2S/c1-11-8-32-9-12-10-33-16-17(21(2,3)34-4)28-19(29-20(16)31(11)12)15-13-5-6-26-18(13)27-7-14(15)30-22(23,24)25/h5-7,11-12,30H,8-10H2,1-4H3,(H,26,27)/t11-,12+/m1/s1. The molecule has 2 atom stereocenters. The van der Waals surface area contributed by atoms with Crippen molar-refractivity contribution in [1.82, 2.24) is 19.9 Å². The number of H-pyrrole nitrogens is 1. The number of rotatable bonds is 5. The zero-order chi connectivity index (χ0) is 24.3. The fourth-order valence-corrected chi connectivity index (χ4v) is 4.86. The fourth-order valence-electron chi connectivity index (χ4n) is 4.52. The number of nitrogens with zero attached hydrogens (tertiary/aromatic N) is 4. The summed E-state index contributed by atoms with van der Waals surface area (Å²) in [5, 5.41) is 2.13. The Labute approximate surface area is 207 Å². The summed E-state index contributed by atoms with van der Waals surface area (Å²) in [6.45, 7) is 8.13. The molecule has 3 aromatic heterocycles. The summed E-state index contributed by atoms with van der Waals surface area (Å²) in [4.78, 5) is 20.0. The monoisotopic (exact) mass is 470 g/mol. The molecule has 0 aliphatic carbocycles. The third-order valence-electron chi connectivity index (χ3n) is 6.29. The van der Waals surface area contributed by atoms with E-state index in [1.165, 1.54) is 0 Å². The number of fused-ring (bicyclic) bond motifs is 4. The Morgan fingerprint density at radius 1 is 1.21 bits per heavy atom. The van der Waals surface area contributed by atoms with Crippen molar-refractivity contribution in [2.24, 2.45) is 0 Å². The molecule has 3 aromatic rings. The predicted molar refractivity (Wildman–Crippen MR) is 139 cm³/mol. The van der Waals surface area contributed by atoms with Crippen LogP contribution in [-0.2, 0) is 9.48 Å². The minimum absolute atomic E-state index is 0.0799. The number of hydrogen-bond acceptors (Lipinski definition) is 8. The van der Waals surface area contributed by atoms with Crippen LogP contribution in [0.4, 0.5) is 11.5 Å². The number of aromatic amines is 1. The number of thioether (sulfide) groups is 1. The van der Waals surface area contributed by atoms with Crippen LogP contribution in [0.25, 0.3) is 22.4 Å². The van der Waals surface area contributed by atoms with Crippen LogP contribution in [0.5, 0.6) is 5.75 Å². The van der Waals surface area contributed by atoms with Crippen LogP contribution >= 0.6 is 11.8 Å². The van der Waals surface area contributed by atoms with E-state index in [1.807, 2.05) is 12.3 Å². The molecular weight excluding hydrogens is 445 g/mol. The molecule has 12 heteroatoms. The van der Waals surface area contributed by atoms with Gasteiger partial charge < -0.3 is 24.7 Å². The van der Waals surface area contributed by atoms with Gasteiger partial charge in [0.2, 0.25) is 0 Å². The van der Waals surface area contributed by atoms with Crippen molar-refractivity contribution in [2.45, 2.75) is 42.8 Å². The van der Waals surface area contributed by atoms with Gasteiger partial charge >= 0.3 is 0 Å². The first kappa shape index (κ1) is 23.4. The molecule has 5 rings (SSSR count). The van der Waals surface area contributed by atoms with Gasteiger partial charge in [-0.05, 0) is 33.1 Å². The van der Waals surface area contributed by atoms with Gasteiger partial charge in [0.25, 0.3) is 0 Å². The average molecular weight is 470 g/mol. The Morgan fingerprint density at radius 3 is 2.74 bits per heavy atom. The van der Waals surface area contributed by atoms with Gasteiger partial charge in [0, 0.05) is 11.6 Å². The second-order valence-electron chi connectivity index (χ2n) is 9.37. The second kappa shape index (κ2) is 8.41. The van der Waals surface area contributed by atoms with E-state index in [-0.39, 0.29) is 16.8 Å². The molecule has 1 fully saturated rings. The fraction of sp³-hybridized carbons (Fsp3) is 0.500. The third kappa shape index (κ3) is 4.04. The molecule has 0 amide bonds. The van der Waals surface area contributed by atoms with Crippen molar-refractivity contribution in [3.05, 3.63) is 24.2 Å². The number of pyridine rings is 1. The minimum atomic E-state index is -1.65. The van der Waals surface area contributed by atoms with Gasteiger partial charge in [-0.15, -0.1) is 0 Å². The molecule has 0 spiro atoms. The van der Waals surface area contributed by atoms with Gasteiger partial charge in [-0.2, -0.15) is 11.8 Å². The van der Waals surface area contributed by atoms with Crippen LogP contribution in [0, 0.1) is 0 Å². The number of morpholine rings is 1. The lowest BCUT2D eigenvalue weighted by Gasteiger charge is -2.45. The molecule has 0 aromatic carbocycles. The largest absolute Gasteiger partial charge is 0.486 e. The van der Waals surface area contributed by atoms with Gasteiger partial charge in [-0.1, -0.05) is 5.24 Å². The van der Waals surface area contributed by atoms with Crippen LogP contribution in [-0.4, -0.2) is 86.9 Å². The maximum atomic E-state index is 6.28. The van der Waals surface area contributed by atoms with E-state index in [0.717, 1.165) is 16.9 Å². The van der Waals surface area contributed by atoms with E-state index in [0.29, 0.717) is 48.3 Å². The smallest absolute Gasteiger partial charge is 0.184 e. The van der Waals surface area contributed by atoms with E-state index in [2.05, 4.69) is 47.2 Å². The summed E-state index contributed by atoms with van der Waals surface area (Å²) in [6, 6.07) is 2.14. The highest BCUT2D eigenvalue weighted by Gasteiger charge is 2.40. The first-order chi connectivity index (χ1) is 16.1. The molecule has 0 unspecified atom stereocenters. The lowest BCUT2D eigenvalue weighted by molar-refractivity contribution is 0.0482. The van der Waals surface area contributed by atoms with Gasteiger partial charge in [0.15, 0.2) is 17.4 Å². The number of anilines is 2. The van der Waals surface area contributed by atoms with E-state index in [1.54, 1.807) is 18.0 Å². The van der Waals surface area contributed by atoms with Crippen molar-refractivity contribution >= 4 is 57.8 Å². The molecule has 2 aliphatic rings. The van der Waals surface area contributed by atoms with Crippen molar-refractivity contribution in [2.75, 3.05) is 36.3 Å². The molecule has 34 heavy (non-hydrogen) atoms. The average Bonchev–Trinajstić information content (AvgIpc) is 3.25. The van der Waals surface area contributed by atoms with E-state index in [4.69, 9.17) is 43.0 Å². The SMILES string of the molecule is [B]C([B])([B])Nc1cnc2[nH]ccc2c1-c1nc2c(c(C(C)(C)SC)n1)OC[C@@H]1COC[C@@H](C)N21. The van der Waals surface area contributed by atoms with Crippen LogP contribution < -0.4 is 15.0 Å². The second-order valence-corrected chi connectivity index (χ2v) is 10.8. The molecule has 0 saturated carbocycles. The quantitative estimate of drug-likeness (QED) is 0.549. The zero-order valence-electron chi connectivity index (χ0n) is 19.8. The lowest BCUT2D eigenvalue weighted by atomic mass is 9.49. The maximum Gasteiger partial charge on any atom is 0.184 e. The molecule has 1 saturated heterocycles. The highest BCUT2D eigenvalue weighted by Crippen LogP contribution is 2.47. The Hall–Kier alpha value is -2.33. The molecule has 2 aliphatic heterocycles. The van der Waals surface area contributed by atoms with E-state index < -0.39 is 5.24 Å². The Morgan fingerprint density at radius 2 is 2.00 bits per heavy atom.